The van der Waals surface area contributed by atoms with Gasteiger partial charge in [-0.15, -0.1) is 0 Å². The number of rotatable bonds is 2. The van der Waals surface area contributed by atoms with E-state index in [0.29, 0.717) is 0 Å². The molecule has 2 aromatic carbocycles. The molecule has 0 saturated carbocycles. The van der Waals surface area contributed by atoms with Gasteiger partial charge in [0.25, 0.3) is 0 Å². The molecule has 4 rings (SSSR count). The van der Waals surface area contributed by atoms with Crippen LogP contribution in [0.2, 0.25) is 0 Å². The molecular weight excluding hydrogens is 258 g/mol. The van der Waals surface area contributed by atoms with Gasteiger partial charge in [-0.3, -0.25) is 0 Å². The van der Waals surface area contributed by atoms with Gasteiger partial charge < -0.3 is 9.88 Å². The molecule has 1 aliphatic heterocycles. The molecule has 1 N–H and O–H groups in total. The summed E-state index contributed by atoms with van der Waals surface area (Å²) in [6.45, 7) is 2.11. The van der Waals surface area contributed by atoms with E-state index in [-0.39, 0.29) is 6.04 Å². The van der Waals surface area contributed by atoms with Gasteiger partial charge in [-0.2, -0.15) is 0 Å². The zero-order valence-electron chi connectivity index (χ0n) is 12.0. The fourth-order valence-corrected chi connectivity index (χ4v) is 3.02. The van der Waals surface area contributed by atoms with Crippen molar-refractivity contribution in [3.8, 4) is 5.69 Å². The van der Waals surface area contributed by atoms with Crippen LogP contribution in [0.1, 0.15) is 23.0 Å². The maximum absolute atomic E-state index is 4.59. The molecule has 1 aliphatic rings. The minimum absolute atomic E-state index is 0.234. The number of hydrogen-bond acceptors (Lipinski definition) is 2. The molecule has 1 aromatic heterocycles. The molecular formula is C18H17N3. The van der Waals surface area contributed by atoms with Crippen molar-refractivity contribution >= 4 is 5.69 Å². The SMILES string of the molecule is Cc1cccc(-n2ccnc2C2Cc3ccccc3N2)c1. The van der Waals surface area contributed by atoms with Crippen LogP contribution in [0, 0.1) is 6.92 Å². The maximum Gasteiger partial charge on any atom is 0.136 e. The Bertz CT molecular complexity index is 763. The van der Waals surface area contributed by atoms with Crippen molar-refractivity contribution in [2.75, 3.05) is 5.32 Å². The molecule has 0 fully saturated rings. The van der Waals surface area contributed by atoms with E-state index in [2.05, 4.69) is 70.3 Å². The molecule has 2 heterocycles. The molecule has 3 aromatic rings. The summed E-state index contributed by atoms with van der Waals surface area (Å²) in [6.07, 6.45) is 4.90. The fourth-order valence-electron chi connectivity index (χ4n) is 3.02. The first kappa shape index (κ1) is 12.2. The number of aromatic nitrogens is 2. The molecule has 104 valence electrons. The van der Waals surface area contributed by atoms with E-state index in [1.54, 1.807) is 0 Å². The average Bonchev–Trinajstić information content (AvgIpc) is 3.13. The number of fused-ring (bicyclic) bond motifs is 1. The van der Waals surface area contributed by atoms with Crippen LogP contribution in [0.5, 0.6) is 0 Å². The molecule has 1 unspecified atom stereocenters. The van der Waals surface area contributed by atoms with Gasteiger partial charge >= 0.3 is 0 Å². The van der Waals surface area contributed by atoms with Crippen molar-refractivity contribution in [2.45, 2.75) is 19.4 Å². The van der Waals surface area contributed by atoms with Gasteiger partial charge in [-0.1, -0.05) is 30.3 Å². The second kappa shape index (κ2) is 4.77. The number of anilines is 1. The lowest BCUT2D eigenvalue weighted by Crippen LogP contribution is -2.12. The standard InChI is InChI=1S/C18H17N3/c1-13-5-4-7-15(11-13)21-10-9-19-18(21)17-12-14-6-2-3-8-16(14)20-17/h2-11,17,20H,12H2,1H3. The molecule has 21 heavy (non-hydrogen) atoms. The van der Waals surface area contributed by atoms with Crippen molar-refractivity contribution in [1.29, 1.82) is 0 Å². The van der Waals surface area contributed by atoms with Gasteiger partial charge in [0.05, 0.1) is 6.04 Å². The number of para-hydroxylation sites is 1. The van der Waals surface area contributed by atoms with Gasteiger partial charge in [-0.05, 0) is 36.2 Å². The van der Waals surface area contributed by atoms with E-state index in [9.17, 15) is 0 Å². The van der Waals surface area contributed by atoms with E-state index in [1.165, 1.54) is 22.5 Å². The Hall–Kier alpha value is -2.55. The lowest BCUT2D eigenvalue weighted by Gasteiger charge is -2.14. The highest BCUT2D eigenvalue weighted by Crippen LogP contribution is 2.33. The van der Waals surface area contributed by atoms with Crippen LogP contribution in [0.4, 0.5) is 5.69 Å². The highest BCUT2D eigenvalue weighted by molar-refractivity contribution is 5.57. The molecule has 0 amide bonds. The largest absolute Gasteiger partial charge is 0.375 e. The third kappa shape index (κ3) is 2.11. The minimum Gasteiger partial charge on any atom is -0.375 e. The van der Waals surface area contributed by atoms with Crippen LogP contribution in [-0.2, 0) is 6.42 Å². The summed E-state index contributed by atoms with van der Waals surface area (Å²) in [5.41, 5.74) is 5.01. The van der Waals surface area contributed by atoms with E-state index in [1.807, 2.05) is 12.4 Å². The third-order valence-electron chi connectivity index (χ3n) is 4.03. The molecule has 3 nitrogen and oxygen atoms in total. The summed E-state index contributed by atoms with van der Waals surface area (Å²) in [6, 6.07) is 17.2. The van der Waals surface area contributed by atoms with Gasteiger partial charge in [0.2, 0.25) is 0 Å². The van der Waals surface area contributed by atoms with Gasteiger partial charge in [0, 0.05) is 30.2 Å². The predicted molar refractivity (Wildman–Crippen MR) is 84.8 cm³/mol. The Balaban J connectivity index is 1.71. The van der Waals surface area contributed by atoms with Crippen molar-refractivity contribution in [3.05, 3.63) is 77.9 Å². The van der Waals surface area contributed by atoms with Crippen LogP contribution >= 0.6 is 0 Å². The first-order valence-electron chi connectivity index (χ1n) is 7.26. The first-order valence-corrected chi connectivity index (χ1v) is 7.26. The Labute approximate surface area is 124 Å². The van der Waals surface area contributed by atoms with Gasteiger partial charge in [0.15, 0.2) is 0 Å². The average molecular weight is 275 g/mol. The lowest BCUT2D eigenvalue weighted by molar-refractivity contribution is 0.728. The number of aryl methyl sites for hydroxylation is 1. The highest BCUT2D eigenvalue weighted by Gasteiger charge is 2.25. The predicted octanol–water partition coefficient (Wildman–Crippen LogP) is 3.89. The summed E-state index contributed by atoms with van der Waals surface area (Å²) >= 11 is 0. The van der Waals surface area contributed by atoms with Crippen LogP contribution in [0.3, 0.4) is 0 Å². The zero-order chi connectivity index (χ0) is 14.2. The topological polar surface area (TPSA) is 29.9 Å². The van der Waals surface area contributed by atoms with Crippen LogP contribution in [0.25, 0.3) is 5.69 Å². The van der Waals surface area contributed by atoms with E-state index < -0.39 is 0 Å². The molecule has 0 bridgehead atoms. The summed E-state index contributed by atoms with van der Waals surface area (Å²) in [5.74, 6) is 1.07. The van der Waals surface area contributed by atoms with Crippen molar-refractivity contribution < 1.29 is 0 Å². The first-order chi connectivity index (χ1) is 10.3. The summed E-state index contributed by atoms with van der Waals surface area (Å²) in [4.78, 5) is 4.59. The van der Waals surface area contributed by atoms with Crippen molar-refractivity contribution in [3.63, 3.8) is 0 Å². The monoisotopic (exact) mass is 275 g/mol. The lowest BCUT2D eigenvalue weighted by atomic mass is 10.1. The smallest absolute Gasteiger partial charge is 0.136 e. The molecule has 0 radical (unpaired) electrons. The van der Waals surface area contributed by atoms with Crippen LogP contribution in [-0.4, -0.2) is 9.55 Å². The van der Waals surface area contributed by atoms with Crippen LogP contribution < -0.4 is 5.32 Å². The van der Waals surface area contributed by atoms with Gasteiger partial charge in [0.1, 0.15) is 5.82 Å². The molecule has 3 heteroatoms. The number of hydrogen-bond donors (Lipinski definition) is 1. The molecule has 0 saturated heterocycles. The quantitative estimate of drug-likeness (QED) is 0.769. The second-order valence-electron chi connectivity index (χ2n) is 5.55. The van der Waals surface area contributed by atoms with Gasteiger partial charge in [-0.25, -0.2) is 4.98 Å². The van der Waals surface area contributed by atoms with E-state index >= 15 is 0 Å². The summed E-state index contributed by atoms with van der Waals surface area (Å²) in [7, 11) is 0. The number of imidazole rings is 1. The number of benzene rings is 2. The normalized spacial score (nSPS) is 16.5. The zero-order valence-corrected chi connectivity index (χ0v) is 12.0. The van der Waals surface area contributed by atoms with E-state index in [0.717, 1.165) is 12.2 Å². The van der Waals surface area contributed by atoms with Crippen molar-refractivity contribution in [2.24, 2.45) is 0 Å². The van der Waals surface area contributed by atoms with Crippen molar-refractivity contribution in [1.82, 2.24) is 9.55 Å². The minimum atomic E-state index is 0.234. The molecule has 1 atom stereocenters. The molecule has 0 aliphatic carbocycles. The summed E-state index contributed by atoms with van der Waals surface area (Å²) in [5, 5.41) is 3.58. The molecule has 0 spiro atoms. The second-order valence-corrected chi connectivity index (χ2v) is 5.55. The Morgan fingerprint density at radius 3 is 2.90 bits per heavy atom. The fraction of sp³-hybridized carbons (Fsp3) is 0.167. The number of nitrogens with one attached hydrogen (secondary N) is 1. The Morgan fingerprint density at radius 1 is 1.14 bits per heavy atom. The Morgan fingerprint density at radius 2 is 2.05 bits per heavy atom. The highest BCUT2D eigenvalue weighted by atomic mass is 15.1. The van der Waals surface area contributed by atoms with E-state index in [4.69, 9.17) is 0 Å². The summed E-state index contributed by atoms with van der Waals surface area (Å²) < 4.78 is 2.18. The maximum atomic E-state index is 4.59. The Kier molecular flexibility index (Phi) is 2.78. The number of nitrogens with zero attached hydrogens (tertiary/aromatic N) is 2. The van der Waals surface area contributed by atoms with Crippen LogP contribution in [0.15, 0.2) is 60.9 Å². The third-order valence-corrected chi connectivity index (χ3v) is 4.03.